The van der Waals surface area contributed by atoms with Crippen LogP contribution in [-0.2, 0) is 7.05 Å². The summed E-state index contributed by atoms with van der Waals surface area (Å²) in [5.41, 5.74) is 0.963. The highest BCUT2D eigenvalue weighted by atomic mass is 35.5. The molecule has 17 heavy (non-hydrogen) atoms. The lowest BCUT2D eigenvalue weighted by Crippen LogP contribution is -2.08. The molecule has 0 spiro atoms. The lowest BCUT2D eigenvalue weighted by molar-refractivity contribution is 0.760. The molecule has 1 atom stereocenters. The summed E-state index contributed by atoms with van der Waals surface area (Å²) < 4.78 is 1.74. The number of nitrogens with one attached hydrogen (secondary N) is 1. The predicted molar refractivity (Wildman–Crippen MR) is 71.7 cm³/mol. The fraction of sp³-hybridized carbons (Fsp3) is 0.250. The van der Waals surface area contributed by atoms with Gasteiger partial charge in [-0.3, -0.25) is 4.68 Å². The number of aromatic nitrogens is 2. The van der Waals surface area contributed by atoms with Gasteiger partial charge in [0.2, 0.25) is 0 Å². The minimum atomic E-state index is 0.0519. The number of halogens is 2. The standard InChI is InChI=1S/C12H13Cl2N3/c1-8(15-11-6-7-17(2)16-11)9-4-3-5-10(13)12(9)14/h3-8H,1-2H3,(H,15,16). The van der Waals surface area contributed by atoms with Crippen molar-refractivity contribution in [3.63, 3.8) is 0 Å². The van der Waals surface area contributed by atoms with Crippen molar-refractivity contribution in [1.29, 1.82) is 0 Å². The smallest absolute Gasteiger partial charge is 0.148 e. The van der Waals surface area contributed by atoms with E-state index in [1.165, 1.54) is 0 Å². The lowest BCUT2D eigenvalue weighted by atomic mass is 10.1. The highest BCUT2D eigenvalue weighted by Gasteiger charge is 2.12. The first-order chi connectivity index (χ1) is 8.08. The van der Waals surface area contributed by atoms with Crippen molar-refractivity contribution < 1.29 is 0 Å². The molecule has 0 fully saturated rings. The molecule has 0 aliphatic heterocycles. The Morgan fingerprint density at radius 1 is 1.29 bits per heavy atom. The lowest BCUT2D eigenvalue weighted by Gasteiger charge is -2.15. The summed E-state index contributed by atoms with van der Waals surface area (Å²) in [5, 5.41) is 8.69. The summed E-state index contributed by atoms with van der Waals surface area (Å²) >= 11 is 12.1. The molecule has 1 heterocycles. The van der Waals surface area contributed by atoms with Crippen molar-refractivity contribution in [2.24, 2.45) is 7.05 Å². The Morgan fingerprint density at radius 2 is 2.06 bits per heavy atom. The normalized spacial score (nSPS) is 12.5. The van der Waals surface area contributed by atoms with Crippen LogP contribution in [0, 0.1) is 0 Å². The van der Waals surface area contributed by atoms with Crippen molar-refractivity contribution in [2.45, 2.75) is 13.0 Å². The van der Waals surface area contributed by atoms with Gasteiger partial charge in [-0.25, -0.2) is 0 Å². The minimum Gasteiger partial charge on any atom is -0.362 e. The molecule has 2 rings (SSSR count). The maximum atomic E-state index is 6.16. The average Bonchev–Trinajstić information content (AvgIpc) is 2.68. The second-order valence-electron chi connectivity index (χ2n) is 3.88. The van der Waals surface area contributed by atoms with Crippen LogP contribution in [0.15, 0.2) is 30.5 Å². The Morgan fingerprint density at radius 3 is 2.71 bits per heavy atom. The Labute approximate surface area is 110 Å². The van der Waals surface area contributed by atoms with E-state index in [-0.39, 0.29) is 6.04 Å². The van der Waals surface area contributed by atoms with Crippen molar-refractivity contribution in [2.75, 3.05) is 5.32 Å². The molecule has 90 valence electrons. The predicted octanol–water partition coefficient (Wildman–Crippen LogP) is 3.90. The number of hydrogen-bond acceptors (Lipinski definition) is 2. The van der Waals surface area contributed by atoms with E-state index in [1.807, 2.05) is 38.4 Å². The first-order valence-electron chi connectivity index (χ1n) is 5.28. The largest absolute Gasteiger partial charge is 0.362 e. The molecule has 5 heteroatoms. The van der Waals surface area contributed by atoms with E-state index in [1.54, 1.807) is 10.7 Å². The number of hydrogen-bond donors (Lipinski definition) is 1. The highest BCUT2D eigenvalue weighted by Crippen LogP contribution is 2.31. The third-order valence-electron chi connectivity index (χ3n) is 2.53. The average molecular weight is 270 g/mol. The van der Waals surface area contributed by atoms with Crippen molar-refractivity contribution >= 4 is 29.0 Å². The fourth-order valence-corrected chi connectivity index (χ4v) is 2.12. The quantitative estimate of drug-likeness (QED) is 0.916. The molecule has 0 radical (unpaired) electrons. The van der Waals surface area contributed by atoms with E-state index < -0.39 is 0 Å². The second-order valence-corrected chi connectivity index (χ2v) is 4.67. The van der Waals surface area contributed by atoms with Gasteiger partial charge < -0.3 is 5.32 Å². The van der Waals surface area contributed by atoms with Crippen LogP contribution in [0.25, 0.3) is 0 Å². The van der Waals surface area contributed by atoms with Crippen LogP contribution >= 0.6 is 23.2 Å². The number of anilines is 1. The van der Waals surface area contributed by atoms with E-state index in [0.717, 1.165) is 11.4 Å². The number of benzene rings is 1. The molecule has 1 aromatic carbocycles. The van der Waals surface area contributed by atoms with Crippen molar-refractivity contribution in [3.8, 4) is 0 Å². The summed E-state index contributed by atoms with van der Waals surface area (Å²) in [6.45, 7) is 2.02. The summed E-state index contributed by atoms with van der Waals surface area (Å²) in [7, 11) is 1.88. The van der Waals surface area contributed by atoms with E-state index in [9.17, 15) is 0 Å². The first kappa shape index (κ1) is 12.3. The second kappa shape index (κ2) is 4.98. The summed E-state index contributed by atoms with van der Waals surface area (Å²) in [6.07, 6.45) is 1.88. The molecule has 1 aromatic heterocycles. The zero-order chi connectivity index (χ0) is 12.4. The number of nitrogens with zero attached hydrogens (tertiary/aromatic N) is 2. The zero-order valence-corrected chi connectivity index (χ0v) is 11.1. The summed E-state index contributed by atoms with van der Waals surface area (Å²) in [6, 6.07) is 7.58. The van der Waals surface area contributed by atoms with Gasteiger partial charge in [0.1, 0.15) is 5.82 Å². The van der Waals surface area contributed by atoms with Crippen molar-refractivity contribution in [1.82, 2.24) is 9.78 Å². The van der Waals surface area contributed by atoms with Gasteiger partial charge in [0.25, 0.3) is 0 Å². The van der Waals surface area contributed by atoms with Gasteiger partial charge in [-0.1, -0.05) is 35.3 Å². The molecule has 0 amide bonds. The molecule has 0 aliphatic rings. The van der Waals surface area contributed by atoms with Gasteiger partial charge in [-0.05, 0) is 18.6 Å². The number of rotatable bonds is 3. The molecule has 2 aromatic rings. The molecule has 3 nitrogen and oxygen atoms in total. The SMILES string of the molecule is CC(Nc1ccn(C)n1)c1cccc(Cl)c1Cl. The third-order valence-corrected chi connectivity index (χ3v) is 3.36. The fourth-order valence-electron chi connectivity index (χ4n) is 1.65. The Balaban J connectivity index is 2.20. The van der Waals surface area contributed by atoms with Crippen LogP contribution in [0.2, 0.25) is 10.0 Å². The van der Waals surface area contributed by atoms with E-state index >= 15 is 0 Å². The monoisotopic (exact) mass is 269 g/mol. The number of aryl methyl sites for hydroxylation is 1. The topological polar surface area (TPSA) is 29.9 Å². The maximum absolute atomic E-state index is 6.16. The molecule has 0 aliphatic carbocycles. The molecule has 0 saturated heterocycles. The zero-order valence-electron chi connectivity index (χ0n) is 9.61. The minimum absolute atomic E-state index is 0.0519. The Hall–Kier alpha value is -1.19. The molecular formula is C12H13Cl2N3. The van der Waals surface area contributed by atoms with Crippen LogP contribution in [0.4, 0.5) is 5.82 Å². The van der Waals surface area contributed by atoms with Gasteiger partial charge in [-0.2, -0.15) is 5.10 Å². The Kier molecular flexibility index (Phi) is 3.60. The maximum Gasteiger partial charge on any atom is 0.148 e. The van der Waals surface area contributed by atoms with Crippen LogP contribution in [-0.4, -0.2) is 9.78 Å². The van der Waals surface area contributed by atoms with Crippen molar-refractivity contribution in [3.05, 3.63) is 46.1 Å². The van der Waals surface area contributed by atoms with Crippen LogP contribution in [0.1, 0.15) is 18.5 Å². The van der Waals surface area contributed by atoms with E-state index in [0.29, 0.717) is 10.0 Å². The van der Waals surface area contributed by atoms with Gasteiger partial charge in [0.05, 0.1) is 16.1 Å². The summed E-state index contributed by atoms with van der Waals surface area (Å²) in [5.74, 6) is 0.816. The first-order valence-corrected chi connectivity index (χ1v) is 6.03. The highest BCUT2D eigenvalue weighted by molar-refractivity contribution is 6.42. The third kappa shape index (κ3) is 2.73. The molecule has 0 saturated carbocycles. The van der Waals surface area contributed by atoms with Crippen LogP contribution < -0.4 is 5.32 Å². The molecule has 0 bridgehead atoms. The van der Waals surface area contributed by atoms with Gasteiger partial charge >= 0.3 is 0 Å². The van der Waals surface area contributed by atoms with Gasteiger partial charge in [-0.15, -0.1) is 0 Å². The molecular weight excluding hydrogens is 257 g/mol. The molecule has 1 unspecified atom stereocenters. The van der Waals surface area contributed by atoms with E-state index in [4.69, 9.17) is 23.2 Å². The molecule has 1 N–H and O–H groups in total. The van der Waals surface area contributed by atoms with Crippen LogP contribution in [0.3, 0.4) is 0 Å². The van der Waals surface area contributed by atoms with Crippen LogP contribution in [0.5, 0.6) is 0 Å². The van der Waals surface area contributed by atoms with Gasteiger partial charge in [0.15, 0.2) is 0 Å². The van der Waals surface area contributed by atoms with E-state index in [2.05, 4.69) is 10.4 Å². The summed E-state index contributed by atoms with van der Waals surface area (Å²) in [4.78, 5) is 0. The Bertz CT molecular complexity index is 522. The van der Waals surface area contributed by atoms with Gasteiger partial charge in [0, 0.05) is 19.3 Å².